The van der Waals surface area contributed by atoms with Crippen molar-refractivity contribution in [2.24, 2.45) is 0 Å². The van der Waals surface area contributed by atoms with Crippen LogP contribution in [0.2, 0.25) is 19.6 Å². The van der Waals surface area contributed by atoms with Gasteiger partial charge in [-0.05, 0) is 83.6 Å². The second-order valence-electron chi connectivity index (χ2n) is 12.9. The van der Waals surface area contributed by atoms with Crippen molar-refractivity contribution in [2.45, 2.75) is 19.6 Å². The zero-order valence-corrected chi connectivity index (χ0v) is 26.3. The summed E-state index contributed by atoms with van der Waals surface area (Å²) in [6.07, 6.45) is 0. The van der Waals surface area contributed by atoms with E-state index in [1.54, 1.807) is 0 Å². The first-order valence-corrected chi connectivity index (χ1v) is 18.8. The molecule has 3 heterocycles. The van der Waals surface area contributed by atoms with Crippen molar-refractivity contribution in [3.8, 4) is 6.07 Å². The van der Waals surface area contributed by atoms with Crippen LogP contribution in [0, 0.1) is 11.3 Å². The van der Waals surface area contributed by atoms with Crippen LogP contribution in [0.4, 0.5) is 17.1 Å². The number of anilines is 3. The summed E-state index contributed by atoms with van der Waals surface area (Å²) >= 11 is 0. The van der Waals surface area contributed by atoms with E-state index in [2.05, 4.69) is 136 Å². The summed E-state index contributed by atoms with van der Waals surface area (Å²) in [5.74, 6) is 0.919. The van der Waals surface area contributed by atoms with Crippen molar-refractivity contribution >= 4 is 85.2 Å². The van der Waals surface area contributed by atoms with Crippen molar-refractivity contribution < 1.29 is 0 Å². The molecule has 0 saturated heterocycles. The van der Waals surface area contributed by atoms with Gasteiger partial charge in [0.1, 0.15) is 0 Å². The van der Waals surface area contributed by atoms with E-state index in [1.807, 2.05) is 24.3 Å². The molecule has 0 aliphatic rings. The second kappa shape index (κ2) is 9.18. The van der Waals surface area contributed by atoms with E-state index >= 15 is 0 Å². The highest BCUT2D eigenvalue weighted by Gasteiger charge is 2.24. The zero-order valence-electron chi connectivity index (χ0n) is 25.3. The molecule has 0 unspecified atom stereocenters. The van der Waals surface area contributed by atoms with E-state index in [1.165, 1.54) is 32.2 Å². The van der Waals surface area contributed by atoms with Gasteiger partial charge in [-0.25, -0.2) is 4.98 Å². The summed E-state index contributed by atoms with van der Waals surface area (Å²) in [6, 6.07) is 45.4. The van der Waals surface area contributed by atoms with Gasteiger partial charge in [0, 0.05) is 27.8 Å². The van der Waals surface area contributed by atoms with Gasteiger partial charge in [-0.2, -0.15) is 5.26 Å². The van der Waals surface area contributed by atoms with Crippen molar-refractivity contribution in [1.29, 1.82) is 5.26 Å². The van der Waals surface area contributed by atoms with E-state index < -0.39 is 8.07 Å². The SMILES string of the molecule is C[Si](C)(C)c1ccc(N(c2ccc(C#N)cc2)c2cc3c4cc5ccccc5cc4n4c3c(c2)n2c3ccccc3nc24)cc1. The smallest absolute Gasteiger partial charge is 0.220 e. The third-order valence-corrected chi connectivity index (χ3v) is 11.2. The first-order valence-electron chi connectivity index (χ1n) is 15.3. The molecule has 0 aliphatic heterocycles. The number of rotatable bonds is 4. The average Bonchev–Trinajstić information content (AvgIpc) is 3.69. The predicted molar refractivity (Wildman–Crippen MR) is 190 cm³/mol. The number of para-hydroxylation sites is 2. The molecule has 3 aromatic heterocycles. The molecule has 6 aromatic carbocycles. The molecule has 0 atom stereocenters. The number of hydrogen-bond donors (Lipinski definition) is 0. The molecule has 0 spiro atoms. The molecule has 0 amide bonds. The van der Waals surface area contributed by atoms with Gasteiger partial charge in [-0.15, -0.1) is 0 Å². The van der Waals surface area contributed by atoms with Crippen LogP contribution in [0.5, 0.6) is 0 Å². The van der Waals surface area contributed by atoms with E-state index in [0.717, 1.165) is 44.9 Å². The summed E-state index contributed by atoms with van der Waals surface area (Å²) in [5.41, 5.74) is 9.29. The Bertz CT molecular complexity index is 2630. The molecule has 214 valence electrons. The fourth-order valence-electron chi connectivity index (χ4n) is 6.94. The van der Waals surface area contributed by atoms with Crippen LogP contribution in [-0.4, -0.2) is 21.9 Å². The van der Waals surface area contributed by atoms with Gasteiger partial charge in [0.25, 0.3) is 0 Å². The molecule has 9 rings (SSSR count). The Balaban J connectivity index is 1.41. The Morgan fingerprint density at radius 3 is 2.00 bits per heavy atom. The lowest BCUT2D eigenvalue weighted by atomic mass is 10.0. The fraction of sp³-hybridized carbons (Fsp3) is 0.0769. The van der Waals surface area contributed by atoms with Crippen LogP contribution in [0.1, 0.15) is 5.56 Å². The maximum atomic E-state index is 9.54. The van der Waals surface area contributed by atoms with Crippen LogP contribution < -0.4 is 10.1 Å². The van der Waals surface area contributed by atoms with Crippen molar-refractivity contribution in [3.05, 3.63) is 127 Å². The van der Waals surface area contributed by atoms with Crippen LogP contribution in [-0.2, 0) is 0 Å². The molecule has 0 radical (unpaired) electrons. The molecule has 6 heteroatoms. The minimum absolute atomic E-state index is 0.645. The first kappa shape index (κ1) is 25.8. The monoisotopic (exact) mass is 595 g/mol. The molecule has 45 heavy (non-hydrogen) atoms. The molecule has 0 bridgehead atoms. The number of nitriles is 1. The highest BCUT2D eigenvalue weighted by molar-refractivity contribution is 6.88. The van der Waals surface area contributed by atoms with Gasteiger partial charge in [0.15, 0.2) is 0 Å². The third kappa shape index (κ3) is 3.74. The summed E-state index contributed by atoms with van der Waals surface area (Å²) in [6.45, 7) is 7.13. The lowest BCUT2D eigenvalue weighted by molar-refractivity contribution is 1.21. The van der Waals surface area contributed by atoms with E-state index in [0.29, 0.717) is 5.56 Å². The maximum absolute atomic E-state index is 9.54. The minimum Gasteiger partial charge on any atom is -0.310 e. The number of benzene rings is 6. The highest BCUT2D eigenvalue weighted by atomic mass is 28.3. The number of nitrogens with zero attached hydrogens (tertiary/aromatic N) is 5. The number of imidazole rings is 2. The Morgan fingerprint density at radius 1 is 0.622 bits per heavy atom. The minimum atomic E-state index is -1.48. The van der Waals surface area contributed by atoms with Crippen LogP contribution in [0.3, 0.4) is 0 Å². The van der Waals surface area contributed by atoms with Gasteiger partial charge in [0.2, 0.25) is 5.78 Å². The zero-order chi connectivity index (χ0) is 30.4. The van der Waals surface area contributed by atoms with Crippen LogP contribution in [0.15, 0.2) is 121 Å². The second-order valence-corrected chi connectivity index (χ2v) is 18.0. The molecule has 9 aromatic rings. The Hall–Kier alpha value is -5.64. The molecule has 0 N–H and O–H groups in total. The quantitative estimate of drug-likeness (QED) is 0.190. The average molecular weight is 596 g/mol. The Kier molecular flexibility index (Phi) is 5.27. The van der Waals surface area contributed by atoms with E-state index in [4.69, 9.17) is 4.98 Å². The molecule has 0 saturated carbocycles. The first-order chi connectivity index (χ1) is 21.9. The number of fused-ring (bicyclic) bond motifs is 9. The highest BCUT2D eigenvalue weighted by Crippen LogP contribution is 2.43. The third-order valence-electron chi connectivity index (χ3n) is 9.18. The van der Waals surface area contributed by atoms with Crippen molar-refractivity contribution in [1.82, 2.24) is 13.8 Å². The molecular weight excluding hydrogens is 567 g/mol. The van der Waals surface area contributed by atoms with Crippen LogP contribution in [0.25, 0.3) is 54.9 Å². The summed E-state index contributed by atoms with van der Waals surface area (Å²) in [5, 5.41) is 15.8. The van der Waals surface area contributed by atoms with Gasteiger partial charge >= 0.3 is 0 Å². The summed E-state index contributed by atoms with van der Waals surface area (Å²) in [4.78, 5) is 7.48. The largest absolute Gasteiger partial charge is 0.310 e. The lowest BCUT2D eigenvalue weighted by Crippen LogP contribution is -2.37. The number of aromatic nitrogens is 3. The standard InChI is InChI=1S/C39H29N5Si/c1-45(2,3)31-18-16-29(17-19-31)42(28-14-12-25(24-40)13-15-28)30-22-33-32-20-26-8-4-5-9-27(26)21-36(32)44-38(33)37(23-30)43-35-11-7-6-10-34(35)41-39(43)44/h4-23H,1-3H3. The van der Waals surface area contributed by atoms with Crippen molar-refractivity contribution in [3.63, 3.8) is 0 Å². The van der Waals surface area contributed by atoms with E-state index in [-0.39, 0.29) is 0 Å². The molecule has 5 nitrogen and oxygen atoms in total. The maximum Gasteiger partial charge on any atom is 0.220 e. The van der Waals surface area contributed by atoms with Crippen LogP contribution >= 0.6 is 0 Å². The van der Waals surface area contributed by atoms with Gasteiger partial charge in [0.05, 0.1) is 47.3 Å². The fourth-order valence-corrected chi connectivity index (χ4v) is 8.11. The molecule has 0 aliphatic carbocycles. The molecule has 0 fully saturated rings. The number of hydrogen-bond acceptors (Lipinski definition) is 3. The Labute approximate surface area is 261 Å². The molecular formula is C39H29N5Si. The Morgan fingerprint density at radius 2 is 1.29 bits per heavy atom. The van der Waals surface area contributed by atoms with Gasteiger partial charge in [-0.1, -0.05) is 73.4 Å². The lowest BCUT2D eigenvalue weighted by Gasteiger charge is -2.27. The predicted octanol–water partition coefficient (Wildman–Crippen LogP) is 9.52. The van der Waals surface area contributed by atoms with E-state index in [9.17, 15) is 5.26 Å². The van der Waals surface area contributed by atoms with Crippen molar-refractivity contribution in [2.75, 3.05) is 4.90 Å². The normalized spacial score (nSPS) is 12.3. The summed E-state index contributed by atoms with van der Waals surface area (Å²) < 4.78 is 4.64. The topological polar surface area (TPSA) is 48.7 Å². The van der Waals surface area contributed by atoms with Gasteiger partial charge < -0.3 is 4.90 Å². The summed E-state index contributed by atoms with van der Waals surface area (Å²) in [7, 11) is -1.48. The van der Waals surface area contributed by atoms with Gasteiger partial charge in [-0.3, -0.25) is 8.80 Å².